The molecule has 1 aliphatic heterocycles. The first-order valence-electron chi connectivity index (χ1n) is 6.12. The van der Waals surface area contributed by atoms with Crippen molar-refractivity contribution in [1.82, 2.24) is 5.32 Å². The van der Waals surface area contributed by atoms with E-state index in [2.05, 4.69) is 19.2 Å². The lowest BCUT2D eigenvalue weighted by Gasteiger charge is -2.42. The molecule has 0 spiro atoms. The summed E-state index contributed by atoms with van der Waals surface area (Å²) < 4.78 is 14.0. The normalized spacial score (nSPS) is 20.0. The smallest absolute Gasteiger partial charge is 0.126 e. The van der Waals surface area contributed by atoms with E-state index >= 15 is 0 Å². The summed E-state index contributed by atoms with van der Waals surface area (Å²) in [5, 5.41) is 3.36. The Morgan fingerprint density at radius 3 is 2.38 bits per heavy atom. The molecular formula is C14H20FN. The minimum absolute atomic E-state index is 0.0244. The van der Waals surface area contributed by atoms with Crippen LogP contribution in [0.25, 0.3) is 0 Å². The summed E-state index contributed by atoms with van der Waals surface area (Å²) in [5.41, 5.74) is 0.933. The number of hydrogen-bond donors (Lipinski definition) is 1. The maximum atomic E-state index is 14.0. The van der Waals surface area contributed by atoms with E-state index in [4.69, 9.17) is 0 Å². The van der Waals surface area contributed by atoms with Crippen LogP contribution in [0.2, 0.25) is 0 Å². The average Bonchev–Trinajstić information content (AvgIpc) is 2.30. The molecule has 16 heavy (non-hydrogen) atoms. The van der Waals surface area contributed by atoms with Crippen molar-refractivity contribution in [2.45, 2.75) is 32.1 Å². The summed E-state index contributed by atoms with van der Waals surface area (Å²) in [4.78, 5) is 0. The molecule has 1 fully saturated rings. The average molecular weight is 221 g/mol. The van der Waals surface area contributed by atoms with Crippen molar-refractivity contribution in [2.24, 2.45) is 5.92 Å². The first-order chi connectivity index (χ1) is 7.67. The van der Waals surface area contributed by atoms with Crippen LogP contribution in [-0.4, -0.2) is 13.1 Å². The maximum Gasteiger partial charge on any atom is 0.126 e. The van der Waals surface area contributed by atoms with Gasteiger partial charge in [0.2, 0.25) is 0 Å². The van der Waals surface area contributed by atoms with Gasteiger partial charge in [-0.25, -0.2) is 4.39 Å². The van der Waals surface area contributed by atoms with Gasteiger partial charge >= 0.3 is 0 Å². The van der Waals surface area contributed by atoms with Gasteiger partial charge in [0, 0.05) is 5.41 Å². The van der Waals surface area contributed by atoms with E-state index in [1.165, 1.54) is 0 Å². The summed E-state index contributed by atoms with van der Waals surface area (Å²) in [6, 6.07) is 7.26. The molecule has 1 aromatic carbocycles. The van der Waals surface area contributed by atoms with Gasteiger partial charge in [0.25, 0.3) is 0 Å². The van der Waals surface area contributed by atoms with E-state index in [-0.39, 0.29) is 11.2 Å². The Labute approximate surface area is 97.1 Å². The number of halogens is 1. The van der Waals surface area contributed by atoms with Crippen molar-refractivity contribution in [3.05, 3.63) is 35.6 Å². The maximum absolute atomic E-state index is 14.0. The molecule has 1 heterocycles. The highest BCUT2D eigenvalue weighted by Crippen LogP contribution is 2.41. The Hall–Kier alpha value is -0.890. The largest absolute Gasteiger partial charge is 0.317 e. The summed E-state index contributed by atoms with van der Waals surface area (Å²) in [5.74, 6) is 0.435. The van der Waals surface area contributed by atoms with Gasteiger partial charge in [-0.15, -0.1) is 0 Å². The molecular weight excluding hydrogens is 201 g/mol. The second kappa shape index (κ2) is 4.54. The first-order valence-corrected chi connectivity index (χ1v) is 6.12. The number of hydrogen-bond acceptors (Lipinski definition) is 1. The molecule has 2 rings (SSSR count). The molecule has 1 N–H and O–H groups in total. The third-order valence-corrected chi connectivity index (χ3v) is 4.01. The molecule has 1 saturated heterocycles. The van der Waals surface area contributed by atoms with Crippen LogP contribution in [0.4, 0.5) is 4.39 Å². The fraction of sp³-hybridized carbons (Fsp3) is 0.571. The van der Waals surface area contributed by atoms with E-state index in [9.17, 15) is 4.39 Å². The lowest BCUT2D eigenvalue weighted by Crippen LogP contribution is -2.44. The summed E-state index contributed by atoms with van der Waals surface area (Å²) >= 11 is 0. The van der Waals surface area contributed by atoms with Crippen LogP contribution in [0.15, 0.2) is 24.3 Å². The van der Waals surface area contributed by atoms with Crippen LogP contribution in [0, 0.1) is 11.7 Å². The first kappa shape index (κ1) is 11.6. The van der Waals surface area contributed by atoms with Crippen molar-refractivity contribution >= 4 is 0 Å². The molecule has 2 heteroatoms. The molecule has 0 saturated carbocycles. The third kappa shape index (κ3) is 1.86. The van der Waals surface area contributed by atoms with Gasteiger partial charge in [-0.05, 0) is 43.5 Å². The highest BCUT2D eigenvalue weighted by molar-refractivity contribution is 5.28. The van der Waals surface area contributed by atoms with Gasteiger partial charge in [0.1, 0.15) is 5.82 Å². The SMILES string of the molecule is CC(C)C1(c2ccccc2F)CCNCC1. The lowest BCUT2D eigenvalue weighted by molar-refractivity contribution is 0.221. The lowest BCUT2D eigenvalue weighted by atomic mass is 9.66. The molecule has 88 valence electrons. The van der Waals surface area contributed by atoms with E-state index in [1.807, 2.05) is 12.1 Å². The van der Waals surface area contributed by atoms with Crippen LogP contribution >= 0.6 is 0 Å². The number of benzene rings is 1. The molecule has 1 aliphatic rings. The fourth-order valence-electron chi connectivity index (χ4n) is 2.90. The molecule has 0 unspecified atom stereocenters. The molecule has 0 bridgehead atoms. The van der Waals surface area contributed by atoms with Crippen LogP contribution < -0.4 is 5.32 Å². The van der Waals surface area contributed by atoms with Crippen LogP contribution in [-0.2, 0) is 5.41 Å². The van der Waals surface area contributed by atoms with Crippen molar-refractivity contribution in [3.63, 3.8) is 0 Å². The van der Waals surface area contributed by atoms with Crippen LogP contribution in [0.1, 0.15) is 32.3 Å². The Morgan fingerprint density at radius 2 is 1.81 bits per heavy atom. The molecule has 0 amide bonds. The van der Waals surface area contributed by atoms with E-state index in [1.54, 1.807) is 12.1 Å². The second-order valence-corrected chi connectivity index (χ2v) is 5.04. The summed E-state index contributed by atoms with van der Waals surface area (Å²) in [6.07, 6.45) is 2.07. The van der Waals surface area contributed by atoms with E-state index in [0.717, 1.165) is 31.5 Å². The van der Waals surface area contributed by atoms with Gasteiger partial charge in [-0.1, -0.05) is 32.0 Å². The summed E-state index contributed by atoms with van der Waals surface area (Å²) in [6.45, 7) is 6.40. The Kier molecular flexibility index (Phi) is 3.29. The molecule has 0 radical (unpaired) electrons. The highest BCUT2D eigenvalue weighted by atomic mass is 19.1. The van der Waals surface area contributed by atoms with Gasteiger partial charge in [0.05, 0.1) is 0 Å². The topological polar surface area (TPSA) is 12.0 Å². The van der Waals surface area contributed by atoms with E-state index in [0.29, 0.717) is 5.92 Å². The van der Waals surface area contributed by atoms with Crippen molar-refractivity contribution in [1.29, 1.82) is 0 Å². The van der Waals surface area contributed by atoms with E-state index < -0.39 is 0 Å². The van der Waals surface area contributed by atoms with Crippen molar-refractivity contribution in [2.75, 3.05) is 13.1 Å². The van der Waals surface area contributed by atoms with Crippen LogP contribution in [0.5, 0.6) is 0 Å². The molecule has 1 nitrogen and oxygen atoms in total. The molecule has 0 aromatic heterocycles. The number of nitrogens with one attached hydrogen (secondary N) is 1. The zero-order chi connectivity index (χ0) is 11.6. The van der Waals surface area contributed by atoms with Crippen molar-refractivity contribution < 1.29 is 4.39 Å². The van der Waals surface area contributed by atoms with Crippen LogP contribution in [0.3, 0.4) is 0 Å². The minimum atomic E-state index is -0.0434. The Balaban J connectivity index is 2.43. The highest BCUT2D eigenvalue weighted by Gasteiger charge is 2.38. The predicted octanol–water partition coefficient (Wildman–Crippen LogP) is 3.10. The Bertz CT molecular complexity index is 354. The zero-order valence-electron chi connectivity index (χ0n) is 10.1. The third-order valence-electron chi connectivity index (χ3n) is 4.01. The molecule has 1 aromatic rings. The number of rotatable bonds is 2. The summed E-state index contributed by atoms with van der Waals surface area (Å²) in [7, 11) is 0. The predicted molar refractivity (Wildman–Crippen MR) is 65.0 cm³/mol. The molecule has 0 atom stereocenters. The number of piperidine rings is 1. The molecule has 0 aliphatic carbocycles. The van der Waals surface area contributed by atoms with Gasteiger partial charge in [0.15, 0.2) is 0 Å². The fourth-order valence-corrected chi connectivity index (χ4v) is 2.90. The van der Waals surface area contributed by atoms with Gasteiger partial charge in [-0.3, -0.25) is 0 Å². The Morgan fingerprint density at radius 1 is 1.19 bits per heavy atom. The monoisotopic (exact) mass is 221 g/mol. The standard InChI is InChI=1S/C14H20FN/c1-11(2)14(7-9-16-10-8-14)12-5-3-4-6-13(12)15/h3-6,11,16H,7-10H2,1-2H3. The quantitative estimate of drug-likeness (QED) is 0.809. The minimum Gasteiger partial charge on any atom is -0.317 e. The van der Waals surface area contributed by atoms with Gasteiger partial charge in [-0.2, -0.15) is 0 Å². The second-order valence-electron chi connectivity index (χ2n) is 5.04. The van der Waals surface area contributed by atoms with Gasteiger partial charge < -0.3 is 5.32 Å². The van der Waals surface area contributed by atoms with Crippen molar-refractivity contribution in [3.8, 4) is 0 Å². The zero-order valence-corrected chi connectivity index (χ0v) is 10.1.